The SMILES string of the molecule is CCCC(C)(N)C(=O)Nc1ccc(C(=O)O)c(Cl)c1. The number of hydrogen-bond acceptors (Lipinski definition) is 3. The second kappa shape index (κ2) is 6.04. The number of rotatable bonds is 5. The van der Waals surface area contributed by atoms with Crippen LogP contribution in [0.1, 0.15) is 37.0 Å². The molecule has 0 aliphatic rings. The first kappa shape index (κ1) is 15.5. The molecule has 0 aliphatic carbocycles. The van der Waals surface area contributed by atoms with Crippen LogP contribution >= 0.6 is 11.6 Å². The van der Waals surface area contributed by atoms with E-state index in [0.717, 1.165) is 6.42 Å². The third-order valence-electron chi connectivity index (χ3n) is 2.75. The van der Waals surface area contributed by atoms with Crippen LogP contribution in [0.2, 0.25) is 5.02 Å². The molecule has 1 amide bonds. The van der Waals surface area contributed by atoms with Crippen molar-refractivity contribution in [3.63, 3.8) is 0 Å². The minimum atomic E-state index is -1.11. The highest BCUT2D eigenvalue weighted by molar-refractivity contribution is 6.33. The fourth-order valence-corrected chi connectivity index (χ4v) is 1.93. The van der Waals surface area contributed by atoms with Gasteiger partial charge in [0.05, 0.1) is 16.1 Å². The molecule has 0 saturated carbocycles. The van der Waals surface area contributed by atoms with Crippen LogP contribution in [0.3, 0.4) is 0 Å². The monoisotopic (exact) mass is 284 g/mol. The van der Waals surface area contributed by atoms with Crippen molar-refractivity contribution in [1.29, 1.82) is 0 Å². The largest absolute Gasteiger partial charge is 0.478 e. The highest BCUT2D eigenvalue weighted by atomic mass is 35.5. The Morgan fingerprint density at radius 1 is 1.47 bits per heavy atom. The first-order valence-electron chi connectivity index (χ1n) is 5.91. The smallest absolute Gasteiger partial charge is 0.337 e. The summed E-state index contributed by atoms with van der Waals surface area (Å²) in [6.45, 7) is 3.59. The van der Waals surface area contributed by atoms with E-state index < -0.39 is 11.5 Å². The maximum absolute atomic E-state index is 12.0. The van der Waals surface area contributed by atoms with E-state index >= 15 is 0 Å². The van der Waals surface area contributed by atoms with Gasteiger partial charge in [-0.15, -0.1) is 0 Å². The molecular weight excluding hydrogens is 268 g/mol. The van der Waals surface area contributed by atoms with Crippen LogP contribution in [-0.2, 0) is 4.79 Å². The average Bonchev–Trinajstić information content (AvgIpc) is 2.28. The van der Waals surface area contributed by atoms with Gasteiger partial charge in [-0.25, -0.2) is 4.79 Å². The van der Waals surface area contributed by atoms with Crippen LogP contribution in [0.15, 0.2) is 18.2 Å². The van der Waals surface area contributed by atoms with Crippen LogP contribution in [0.5, 0.6) is 0 Å². The van der Waals surface area contributed by atoms with Crippen molar-refractivity contribution in [3.05, 3.63) is 28.8 Å². The van der Waals surface area contributed by atoms with Gasteiger partial charge in [-0.2, -0.15) is 0 Å². The fraction of sp³-hybridized carbons (Fsp3) is 0.385. The molecule has 1 unspecified atom stereocenters. The van der Waals surface area contributed by atoms with Crippen molar-refractivity contribution in [2.24, 2.45) is 5.73 Å². The van der Waals surface area contributed by atoms with Crippen LogP contribution < -0.4 is 11.1 Å². The lowest BCUT2D eigenvalue weighted by Gasteiger charge is -2.22. The van der Waals surface area contributed by atoms with E-state index in [4.69, 9.17) is 22.4 Å². The van der Waals surface area contributed by atoms with Gasteiger partial charge < -0.3 is 16.2 Å². The zero-order valence-corrected chi connectivity index (χ0v) is 11.6. The van der Waals surface area contributed by atoms with Gasteiger partial charge >= 0.3 is 5.97 Å². The highest BCUT2D eigenvalue weighted by Gasteiger charge is 2.27. The fourth-order valence-electron chi connectivity index (χ4n) is 1.67. The summed E-state index contributed by atoms with van der Waals surface area (Å²) in [5.41, 5.74) is 5.34. The second-order valence-electron chi connectivity index (χ2n) is 4.62. The van der Waals surface area contributed by atoms with Gasteiger partial charge in [0.2, 0.25) is 5.91 Å². The van der Waals surface area contributed by atoms with Crippen LogP contribution in [0.25, 0.3) is 0 Å². The molecular formula is C13H17ClN2O3. The van der Waals surface area contributed by atoms with Gasteiger partial charge in [0, 0.05) is 5.69 Å². The summed E-state index contributed by atoms with van der Waals surface area (Å²) in [6, 6.07) is 4.22. The standard InChI is InChI=1S/C13H17ClN2O3/c1-3-6-13(2,15)12(19)16-8-4-5-9(11(17)18)10(14)7-8/h4-5,7H,3,6,15H2,1-2H3,(H,16,19)(H,17,18). The Morgan fingerprint density at radius 3 is 2.58 bits per heavy atom. The van der Waals surface area contributed by atoms with E-state index in [9.17, 15) is 9.59 Å². The van der Waals surface area contributed by atoms with Crippen molar-refractivity contribution in [2.75, 3.05) is 5.32 Å². The minimum Gasteiger partial charge on any atom is -0.478 e. The van der Waals surface area contributed by atoms with Gasteiger partial charge in [-0.05, 0) is 31.5 Å². The lowest BCUT2D eigenvalue weighted by Crippen LogP contribution is -2.48. The molecule has 1 atom stereocenters. The Kier molecular flexibility index (Phi) is 4.91. The Hall–Kier alpha value is -1.59. The van der Waals surface area contributed by atoms with Gasteiger partial charge in [0.1, 0.15) is 0 Å². The maximum Gasteiger partial charge on any atom is 0.337 e. The number of aromatic carboxylic acids is 1. The van der Waals surface area contributed by atoms with E-state index in [1.54, 1.807) is 6.92 Å². The van der Waals surface area contributed by atoms with Gasteiger partial charge in [-0.1, -0.05) is 24.9 Å². The molecule has 0 aromatic heterocycles. The summed E-state index contributed by atoms with van der Waals surface area (Å²) >= 11 is 5.82. The van der Waals surface area contributed by atoms with Crippen LogP contribution in [0, 0.1) is 0 Å². The molecule has 0 heterocycles. The molecule has 4 N–H and O–H groups in total. The molecule has 0 saturated heterocycles. The lowest BCUT2D eigenvalue weighted by molar-refractivity contribution is -0.120. The quantitative estimate of drug-likeness (QED) is 0.774. The number of nitrogens with two attached hydrogens (primary N) is 1. The van der Waals surface area contributed by atoms with Crippen molar-refractivity contribution in [2.45, 2.75) is 32.2 Å². The first-order valence-corrected chi connectivity index (χ1v) is 6.29. The van der Waals surface area contributed by atoms with Gasteiger partial charge in [0.15, 0.2) is 0 Å². The second-order valence-corrected chi connectivity index (χ2v) is 5.03. The minimum absolute atomic E-state index is 0.0104. The number of carboxylic acids is 1. The Balaban J connectivity index is 2.87. The molecule has 0 spiro atoms. The molecule has 1 rings (SSSR count). The van der Waals surface area contributed by atoms with E-state index in [0.29, 0.717) is 12.1 Å². The van der Waals surface area contributed by atoms with Crippen LogP contribution in [0.4, 0.5) is 5.69 Å². The summed E-state index contributed by atoms with van der Waals surface area (Å²) < 4.78 is 0. The highest BCUT2D eigenvalue weighted by Crippen LogP contribution is 2.22. The van der Waals surface area contributed by atoms with Gasteiger partial charge in [0.25, 0.3) is 0 Å². The molecule has 5 nitrogen and oxygen atoms in total. The maximum atomic E-state index is 12.0. The van der Waals surface area contributed by atoms with Crippen molar-refractivity contribution in [1.82, 2.24) is 0 Å². The molecule has 19 heavy (non-hydrogen) atoms. The number of nitrogens with one attached hydrogen (secondary N) is 1. The average molecular weight is 285 g/mol. The number of hydrogen-bond donors (Lipinski definition) is 3. The van der Waals surface area contributed by atoms with E-state index in [2.05, 4.69) is 5.32 Å². The lowest BCUT2D eigenvalue weighted by atomic mass is 9.96. The summed E-state index contributed by atoms with van der Waals surface area (Å²) in [6.07, 6.45) is 1.35. The molecule has 0 aliphatic heterocycles. The molecule has 104 valence electrons. The number of carboxylic acid groups (broad SMARTS) is 1. The zero-order valence-electron chi connectivity index (χ0n) is 10.9. The number of amides is 1. The summed E-state index contributed by atoms with van der Waals surface area (Å²) in [7, 11) is 0. The summed E-state index contributed by atoms with van der Waals surface area (Å²) in [5.74, 6) is -1.44. The van der Waals surface area contributed by atoms with Gasteiger partial charge in [-0.3, -0.25) is 4.79 Å². The van der Waals surface area contributed by atoms with E-state index in [-0.39, 0.29) is 16.5 Å². The summed E-state index contributed by atoms with van der Waals surface area (Å²) in [4.78, 5) is 22.8. The predicted octanol–water partition coefficient (Wildman–Crippen LogP) is 2.49. The molecule has 0 fully saturated rings. The van der Waals surface area contributed by atoms with Crippen molar-refractivity contribution >= 4 is 29.2 Å². The zero-order chi connectivity index (χ0) is 14.6. The number of benzene rings is 1. The predicted molar refractivity (Wildman–Crippen MR) is 74.5 cm³/mol. The third-order valence-corrected chi connectivity index (χ3v) is 3.06. The van der Waals surface area contributed by atoms with Crippen molar-refractivity contribution < 1.29 is 14.7 Å². The number of carbonyl (C=O) groups is 2. The number of halogens is 1. The van der Waals surface area contributed by atoms with E-state index in [1.165, 1.54) is 18.2 Å². The van der Waals surface area contributed by atoms with Crippen molar-refractivity contribution in [3.8, 4) is 0 Å². The molecule has 6 heteroatoms. The molecule has 0 radical (unpaired) electrons. The third kappa shape index (κ3) is 3.94. The number of carbonyl (C=O) groups excluding carboxylic acids is 1. The molecule has 1 aromatic carbocycles. The summed E-state index contributed by atoms with van der Waals surface area (Å²) in [5, 5.41) is 11.5. The Morgan fingerprint density at radius 2 is 2.11 bits per heavy atom. The first-order chi connectivity index (χ1) is 8.77. The normalized spacial score (nSPS) is 13.7. The number of anilines is 1. The topological polar surface area (TPSA) is 92.4 Å². The molecule has 0 bridgehead atoms. The van der Waals surface area contributed by atoms with E-state index in [1.807, 2.05) is 6.92 Å². The Bertz CT molecular complexity index is 501. The van der Waals surface area contributed by atoms with Crippen LogP contribution in [-0.4, -0.2) is 22.5 Å². The Labute approximate surface area is 116 Å². The molecule has 1 aromatic rings.